The number of rotatable bonds is 5. The summed E-state index contributed by atoms with van der Waals surface area (Å²) in [4.78, 5) is 0. The highest BCUT2D eigenvalue weighted by molar-refractivity contribution is 5.81. The molecule has 3 aromatic rings. The highest BCUT2D eigenvalue weighted by atomic mass is 19.4. The van der Waals surface area contributed by atoms with Crippen molar-refractivity contribution in [3.05, 3.63) is 48.2 Å². The summed E-state index contributed by atoms with van der Waals surface area (Å²) in [5.74, 6) is 0.732. The molecule has 0 amide bonds. The maximum Gasteiger partial charge on any atom is 0.419 e. The van der Waals surface area contributed by atoms with Crippen LogP contribution in [0.15, 0.2) is 42.6 Å². The van der Waals surface area contributed by atoms with E-state index in [0.717, 1.165) is 0 Å². The van der Waals surface area contributed by atoms with Crippen LogP contribution in [0, 0.1) is 0 Å². The maximum atomic E-state index is 13.9. The molecule has 6 nitrogen and oxygen atoms in total. The monoisotopic (exact) mass is 364 g/mol. The number of H-pyrrole nitrogens is 1. The Bertz CT molecular complexity index is 878. The smallest absolute Gasteiger partial charge is 0.419 e. The highest BCUT2D eigenvalue weighted by Gasteiger charge is 2.38. The number of nitrogens with zero attached hydrogens (tertiary/aromatic N) is 2. The van der Waals surface area contributed by atoms with Gasteiger partial charge in [0.25, 0.3) is 0 Å². The molecule has 0 bridgehead atoms. The number of nitrogens with one attached hydrogen (secondary N) is 2. The van der Waals surface area contributed by atoms with Crippen molar-refractivity contribution in [2.45, 2.75) is 6.18 Å². The second-order valence-corrected chi connectivity index (χ2v) is 5.27. The average Bonchev–Trinajstić information content (AvgIpc) is 3.13. The van der Waals surface area contributed by atoms with Crippen molar-refractivity contribution >= 4 is 11.5 Å². The number of methoxy groups -OCH3 is 2. The second-order valence-electron chi connectivity index (χ2n) is 5.27. The van der Waals surface area contributed by atoms with Gasteiger partial charge in [-0.3, -0.25) is 0 Å². The van der Waals surface area contributed by atoms with Crippen molar-refractivity contribution < 1.29 is 22.6 Å². The number of ether oxygens (including phenoxy) is 2. The molecule has 1 heterocycles. The van der Waals surface area contributed by atoms with E-state index in [0.29, 0.717) is 11.3 Å². The minimum atomic E-state index is -4.63. The quantitative estimate of drug-likeness (QED) is 0.708. The summed E-state index contributed by atoms with van der Waals surface area (Å²) < 4.78 is 51.9. The molecule has 0 fully saturated rings. The topological polar surface area (TPSA) is 72.1 Å². The van der Waals surface area contributed by atoms with Gasteiger partial charge in [0.2, 0.25) is 0 Å². The first-order valence-corrected chi connectivity index (χ1v) is 7.49. The number of benzene rings is 2. The zero-order valence-electron chi connectivity index (χ0n) is 13.9. The van der Waals surface area contributed by atoms with E-state index in [2.05, 4.69) is 20.7 Å². The number of aromatic nitrogens is 3. The first-order chi connectivity index (χ1) is 12.4. The molecule has 0 aliphatic carbocycles. The molecule has 3 rings (SSSR count). The van der Waals surface area contributed by atoms with Gasteiger partial charge in [-0.15, -0.1) is 5.10 Å². The van der Waals surface area contributed by atoms with Crippen molar-refractivity contribution in [3.63, 3.8) is 0 Å². The molecule has 0 atom stereocenters. The van der Waals surface area contributed by atoms with Gasteiger partial charge < -0.3 is 14.8 Å². The van der Waals surface area contributed by atoms with E-state index in [9.17, 15) is 13.2 Å². The fourth-order valence-electron chi connectivity index (χ4n) is 2.57. The zero-order chi connectivity index (χ0) is 18.7. The molecule has 0 unspecified atom stereocenters. The molecule has 136 valence electrons. The Labute approximate surface area is 146 Å². The van der Waals surface area contributed by atoms with Crippen LogP contribution in [0.5, 0.6) is 11.5 Å². The van der Waals surface area contributed by atoms with E-state index in [1.807, 2.05) is 0 Å². The molecule has 0 aliphatic heterocycles. The first-order valence-electron chi connectivity index (χ1n) is 7.49. The summed E-state index contributed by atoms with van der Waals surface area (Å²) in [5, 5.41) is 12.3. The summed E-state index contributed by atoms with van der Waals surface area (Å²) in [7, 11) is 2.79. The van der Waals surface area contributed by atoms with Gasteiger partial charge in [0.05, 0.1) is 31.7 Å². The van der Waals surface area contributed by atoms with E-state index >= 15 is 0 Å². The van der Waals surface area contributed by atoms with Crippen LogP contribution in [0.2, 0.25) is 0 Å². The van der Waals surface area contributed by atoms with Gasteiger partial charge in [0.15, 0.2) is 5.82 Å². The summed E-state index contributed by atoms with van der Waals surface area (Å²) in [5.41, 5.74) is -0.692. The Morgan fingerprint density at radius 2 is 1.73 bits per heavy atom. The average molecular weight is 364 g/mol. The fraction of sp³-hybridized carbons (Fsp3) is 0.176. The second kappa shape index (κ2) is 6.95. The summed E-state index contributed by atoms with van der Waals surface area (Å²) >= 11 is 0. The van der Waals surface area contributed by atoms with E-state index < -0.39 is 11.7 Å². The summed E-state index contributed by atoms with van der Waals surface area (Å²) in [6, 6.07) is 9.18. The van der Waals surface area contributed by atoms with E-state index in [-0.39, 0.29) is 22.8 Å². The van der Waals surface area contributed by atoms with E-state index in [4.69, 9.17) is 9.47 Å². The van der Waals surface area contributed by atoms with Gasteiger partial charge in [-0.05, 0) is 35.4 Å². The van der Waals surface area contributed by atoms with E-state index in [1.54, 1.807) is 24.3 Å². The van der Waals surface area contributed by atoms with Crippen molar-refractivity contribution in [2.75, 3.05) is 19.5 Å². The van der Waals surface area contributed by atoms with Crippen LogP contribution in [0.1, 0.15) is 5.56 Å². The van der Waals surface area contributed by atoms with Crippen LogP contribution in [-0.2, 0) is 6.18 Å². The third kappa shape index (κ3) is 3.41. The van der Waals surface area contributed by atoms with Crippen LogP contribution in [-0.4, -0.2) is 29.6 Å². The van der Waals surface area contributed by atoms with Crippen molar-refractivity contribution in [2.24, 2.45) is 0 Å². The Morgan fingerprint density at radius 1 is 1.00 bits per heavy atom. The standard InChI is InChI=1S/C17H15F3N4O2/c1-25-11-5-3-10(4-6-11)12-7-8-13(26-2)16(15(12)17(18,19)20)22-14-9-21-24-23-14/h3-9H,1-2H3,(H2,21,22,23,24). The molecule has 0 saturated heterocycles. The minimum Gasteiger partial charge on any atom is -0.497 e. The van der Waals surface area contributed by atoms with Gasteiger partial charge in [-0.1, -0.05) is 12.1 Å². The molecule has 2 N–H and O–H groups in total. The molecule has 0 aliphatic rings. The predicted molar refractivity (Wildman–Crippen MR) is 89.6 cm³/mol. The van der Waals surface area contributed by atoms with Gasteiger partial charge in [-0.25, -0.2) is 0 Å². The first kappa shape index (κ1) is 17.6. The van der Waals surface area contributed by atoms with Gasteiger partial charge >= 0.3 is 6.18 Å². The van der Waals surface area contributed by atoms with Crippen LogP contribution in [0.3, 0.4) is 0 Å². The molecule has 26 heavy (non-hydrogen) atoms. The normalized spacial score (nSPS) is 11.3. The minimum absolute atomic E-state index is 0.00643. The third-order valence-electron chi connectivity index (χ3n) is 3.74. The van der Waals surface area contributed by atoms with E-state index in [1.165, 1.54) is 32.5 Å². The van der Waals surface area contributed by atoms with Crippen molar-refractivity contribution in [3.8, 4) is 22.6 Å². The van der Waals surface area contributed by atoms with Gasteiger partial charge in [0.1, 0.15) is 11.5 Å². The lowest BCUT2D eigenvalue weighted by atomic mass is 9.97. The number of alkyl halides is 3. The number of halogens is 3. The highest BCUT2D eigenvalue weighted by Crippen LogP contribution is 2.46. The number of aromatic amines is 1. The molecule has 0 radical (unpaired) electrons. The van der Waals surface area contributed by atoms with Gasteiger partial charge in [-0.2, -0.15) is 23.5 Å². The lowest BCUT2D eigenvalue weighted by Crippen LogP contribution is -2.12. The maximum absolute atomic E-state index is 13.9. The molecular formula is C17H15F3N4O2. The molecule has 0 spiro atoms. The van der Waals surface area contributed by atoms with Crippen LogP contribution >= 0.6 is 0 Å². The van der Waals surface area contributed by atoms with Crippen molar-refractivity contribution in [1.82, 2.24) is 15.4 Å². The Kier molecular flexibility index (Phi) is 4.70. The Hall–Kier alpha value is -3.23. The lowest BCUT2D eigenvalue weighted by Gasteiger charge is -2.20. The predicted octanol–water partition coefficient (Wildman–Crippen LogP) is 4.25. The number of hydrogen-bond donors (Lipinski definition) is 2. The lowest BCUT2D eigenvalue weighted by molar-refractivity contribution is -0.136. The SMILES string of the molecule is COc1ccc(-c2ccc(OC)c(Nc3cn[nH]n3)c2C(F)(F)F)cc1. The number of anilines is 2. The molecule has 1 aromatic heterocycles. The molecule has 9 heteroatoms. The fourth-order valence-corrected chi connectivity index (χ4v) is 2.57. The Balaban J connectivity index is 2.20. The number of hydrogen-bond acceptors (Lipinski definition) is 5. The molecule has 2 aromatic carbocycles. The summed E-state index contributed by atoms with van der Waals surface area (Å²) in [6.45, 7) is 0. The van der Waals surface area contributed by atoms with Gasteiger partial charge in [0, 0.05) is 0 Å². The summed E-state index contributed by atoms with van der Waals surface area (Å²) in [6.07, 6.45) is -3.35. The largest absolute Gasteiger partial charge is 0.497 e. The molecule has 0 saturated carbocycles. The zero-order valence-corrected chi connectivity index (χ0v) is 13.9. The Morgan fingerprint density at radius 3 is 2.27 bits per heavy atom. The van der Waals surface area contributed by atoms with Crippen molar-refractivity contribution in [1.29, 1.82) is 0 Å². The molecular weight excluding hydrogens is 349 g/mol. The van der Waals surface area contributed by atoms with Crippen LogP contribution < -0.4 is 14.8 Å². The third-order valence-corrected chi connectivity index (χ3v) is 3.74. The van der Waals surface area contributed by atoms with Crippen LogP contribution in [0.25, 0.3) is 11.1 Å². The van der Waals surface area contributed by atoms with Crippen LogP contribution in [0.4, 0.5) is 24.7 Å².